The number of aromatic nitrogens is 4. The van der Waals surface area contributed by atoms with Crippen LogP contribution in [0.5, 0.6) is 0 Å². The molecule has 8 heteroatoms. The second-order valence-electron chi connectivity index (χ2n) is 9.48. The van der Waals surface area contributed by atoms with E-state index in [1.165, 1.54) is 36.1 Å². The first-order chi connectivity index (χ1) is 16.1. The summed E-state index contributed by atoms with van der Waals surface area (Å²) in [5.41, 5.74) is 5.13. The molecule has 0 saturated heterocycles. The second kappa shape index (κ2) is 6.74. The molecule has 2 aliphatic carbocycles. The maximum Gasteiger partial charge on any atom is 0.278 e. The van der Waals surface area contributed by atoms with Crippen molar-refractivity contribution in [1.29, 1.82) is 0 Å². The SMILES string of the molecule is O=c1c2cnc(Nc3ccc4c(c3)CNCC43CC3)nc2n(-c2ccc(F)cc2)n1C1CC1. The Morgan fingerprint density at radius 3 is 2.70 bits per heavy atom. The summed E-state index contributed by atoms with van der Waals surface area (Å²) in [5.74, 6) is 0.110. The third-order valence-electron chi connectivity index (χ3n) is 7.15. The Morgan fingerprint density at radius 1 is 1.12 bits per heavy atom. The van der Waals surface area contributed by atoms with Gasteiger partial charge in [-0.2, -0.15) is 4.98 Å². The number of rotatable bonds is 4. The number of nitrogens with one attached hydrogen (secondary N) is 2. The average Bonchev–Trinajstić information content (AvgIpc) is 3.75. The van der Waals surface area contributed by atoms with Crippen molar-refractivity contribution in [3.63, 3.8) is 0 Å². The van der Waals surface area contributed by atoms with Gasteiger partial charge in [0.15, 0.2) is 5.65 Å². The van der Waals surface area contributed by atoms with Crippen molar-refractivity contribution in [2.24, 2.45) is 0 Å². The summed E-state index contributed by atoms with van der Waals surface area (Å²) in [7, 11) is 0. The lowest BCUT2D eigenvalue weighted by Gasteiger charge is -2.26. The molecule has 1 spiro atoms. The predicted molar refractivity (Wildman–Crippen MR) is 124 cm³/mol. The molecule has 2 aromatic heterocycles. The highest BCUT2D eigenvalue weighted by Crippen LogP contribution is 2.50. The Balaban J connectivity index is 1.31. The molecule has 166 valence electrons. The molecule has 2 saturated carbocycles. The Morgan fingerprint density at radius 2 is 1.94 bits per heavy atom. The van der Waals surface area contributed by atoms with Crippen molar-refractivity contribution < 1.29 is 4.39 Å². The van der Waals surface area contributed by atoms with Crippen LogP contribution in [-0.4, -0.2) is 25.9 Å². The molecular weight excluding hydrogens is 419 g/mol. The van der Waals surface area contributed by atoms with Gasteiger partial charge in [0.1, 0.15) is 11.2 Å². The number of nitrogens with zero attached hydrogens (tertiary/aromatic N) is 4. The molecule has 1 aliphatic heterocycles. The highest BCUT2D eigenvalue weighted by atomic mass is 19.1. The van der Waals surface area contributed by atoms with Gasteiger partial charge < -0.3 is 10.6 Å². The number of halogens is 1. The van der Waals surface area contributed by atoms with Gasteiger partial charge in [-0.25, -0.2) is 18.7 Å². The highest BCUT2D eigenvalue weighted by Gasteiger charge is 2.46. The van der Waals surface area contributed by atoms with Gasteiger partial charge in [-0.05, 0) is 73.2 Å². The fourth-order valence-corrected chi connectivity index (χ4v) is 5.13. The molecule has 33 heavy (non-hydrogen) atoms. The van der Waals surface area contributed by atoms with Gasteiger partial charge in [-0.15, -0.1) is 0 Å². The van der Waals surface area contributed by atoms with Crippen LogP contribution in [0.3, 0.4) is 0 Å². The quantitative estimate of drug-likeness (QED) is 0.501. The van der Waals surface area contributed by atoms with E-state index >= 15 is 0 Å². The summed E-state index contributed by atoms with van der Waals surface area (Å²) in [6.07, 6.45) is 5.98. The van der Waals surface area contributed by atoms with Crippen LogP contribution in [0.25, 0.3) is 16.7 Å². The van der Waals surface area contributed by atoms with Gasteiger partial charge in [0.25, 0.3) is 5.56 Å². The van der Waals surface area contributed by atoms with Crippen molar-refractivity contribution >= 4 is 22.7 Å². The maximum atomic E-state index is 13.6. The zero-order chi connectivity index (χ0) is 22.2. The van der Waals surface area contributed by atoms with Crippen molar-refractivity contribution in [2.45, 2.75) is 43.7 Å². The smallest absolute Gasteiger partial charge is 0.278 e. The number of anilines is 2. The molecule has 4 aromatic rings. The lowest BCUT2D eigenvalue weighted by molar-refractivity contribution is 0.531. The molecule has 2 fully saturated rings. The van der Waals surface area contributed by atoms with E-state index in [9.17, 15) is 9.18 Å². The summed E-state index contributed by atoms with van der Waals surface area (Å²) < 4.78 is 17.1. The lowest BCUT2D eigenvalue weighted by atomic mass is 9.88. The molecule has 7 rings (SSSR count). The first-order valence-electron chi connectivity index (χ1n) is 11.5. The summed E-state index contributed by atoms with van der Waals surface area (Å²) in [6.45, 7) is 1.92. The van der Waals surface area contributed by atoms with E-state index in [1.54, 1.807) is 27.7 Å². The van der Waals surface area contributed by atoms with Crippen LogP contribution >= 0.6 is 0 Å². The minimum absolute atomic E-state index is 0.113. The van der Waals surface area contributed by atoms with Gasteiger partial charge in [0, 0.05) is 30.4 Å². The van der Waals surface area contributed by atoms with Crippen LogP contribution in [-0.2, 0) is 12.0 Å². The molecular formula is C25H23FN6O. The molecule has 2 N–H and O–H groups in total. The third-order valence-corrected chi connectivity index (χ3v) is 7.15. The Bertz CT molecular complexity index is 1460. The topological polar surface area (TPSA) is 76.8 Å². The normalized spacial score (nSPS) is 18.5. The predicted octanol–water partition coefficient (Wildman–Crippen LogP) is 3.93. The Hall–Kier alpha value is -3.52. The van der Waals surface area contributed by atoms with Crippen molar-refractivity contribution in [3.05, 3.63) is 76.0 Å². The minimum atomic E-state index is -0.317. The fraction of sp³-hybridized carbons (Fsp3) is 0.320. The number of benzene rings is 2. The van der Waals surface area contributed by atoms with Gasteiger partial charge in [-0.1, -0.05) is 6.07 Å². The van der Waals surface area contributed by atoms with Gasteiger partial charge >= 0.3 is 0 Å². The lowest BCUT2D eigenvalue weighted by Crippen LogP contribution is -2.33. The molecule has 3 aliphatic rings. The van der Waals surface area contributed by atoms with Crippen LogP contribution in [0.4, 0.5) is 16.0 Å². The Kier molecular flexibility index (Phi) is 3.88. The van der Waals surface area contributed by atoms with E-state index in [-0.39, 0.29) is 17.4 Å². The highest BCUT2D eigenvalue weighted by molar-refractivity contribution is 5.77. The monoisotopic (exact) mass is 442 g/mol. The summed E-state index contributed by atoms with van der Waals surface area (Å²) in [6, 6.07) is 12.8. The standard InChI is InChI=1S/C25H23FN6O/c26-16-1-4-18(5-2-16)31-22-20(23(33)32(31)19-6-7-19)13-28-24(30-22)29-17-3-8-21-15(11-17)12-27-14-25(21)9-10-25/h1-5,8,11,13,19,27H,6-7,9-10,12,14H2,(H,28,29,30). The molecule has 0 atom stereocenters. The van der Waals surface area contributed by atoms with E-state index in [0.717, 1.165) is 31.6 Å². The zero-order valence-corrected chi connectivity index (χ0v) is 18.0. The largest absolute Gasteiger partial charge is 0.324 e. The van der Waals surface area contributed by atoms with E-state index in [4.69, 9.17) is 4.98 Å². The molecule has 2 aromatic carbocycles. The summed E-state index contributed by atoms with van der Waals surface area (Å²) in [5, 5.41) is 7.32. The third kappa shape index (κ3) is 3.01. The van der Waals surface area contributed by atoms with E-state index in [0.29, 0.717) is 28.1 Å². The molecule has 0 bridgehead atoms. The first kappa shape index (κ1) is 19.0. The fourth-order valence-electron chi connectivity index (χ4n) is 5.13. The number of fused-ring (bicyclic) bond motifs is 3. The first-order valence-corrected chi connectivity index (χ1v) is 11.5. The van der Waals surface area contributed by atoms with Gasteiger partial charge in [0.2, 0.25) is 5.95 Å². The maximum absolute atomic E-state index is 13.6. The molecule has 0 amide bonds. The van der Waals surface area contributed by atoms with Crippen molar-refractivity contribution in [3.8, 4) is 5.69 Å². The van der Waals surface area contributed by atoms with Crippen molar-refractivity contribution in [2.75, 3.05) is 11.9 Å². The number of hydrogen-bond acceptors (Lipinski definition) is 5. The molecule has 7 nitrogen and oxygen atoms in total. The van der Waals surface area contributed by atoms with Gasteiger partial charge in [-0.3, -0.25) is 4.79 Å². The molecule has 0 unspecified atom stereocenters. The summed E-state index contributed by atoms with van der Waals surface area (Å²) >= 11 is 0. The van der Waals surface area contributed by atoms with E-state index in [1.807, 2.05) is 0 Å². The van der Waals surface area contributed by atoms with Crippen LogP contribution in [0.2, 0.25) is 0 Å². The Labute approximate surface area is 189 Å². The van der Waals surface area contributed by atoms with Crippen LogP contribution in [0.15, 0.2) is 53.5 Å². The molecule has 3 heterocycles. The van der Waals surface area contributed by atoms with E-state index in [2.05, 4.69) is 33.8 Å². The van der Waals surface area contributed by atoms with E-state index < -0.39 is 0 Å². The molecule has 0 radical (unpaired) electrons. The van der Waals surface area contributed by atoms with Crippen LogP contribution in [0.1, 0.15) is 42.9 Å². The minimum Gasteiger partial charge on any atom is -0.324 e. The average molecular weight is 442 g/mol. The van der Waals surface area contributed by atoms with Gasteiger partial charge in [0.05, 0.1) is 11.7 Å². The van der Waals surface area contributed by atoms with Crippen LogP contribution < -0.4 is 16.2 Å². The number of hydrogen-bond donors (Lipinski definition) is 2. The second-order valence-corrected chi connectivity index (χ2v) is 9.48. The zero-order valence-electron chi connectivity index (χ0n) is 18.0. The van der Waals surface area contributed by atoms with Crippen LogP contribution in [0, 0.1) is 5.82 Å². The van der Waals surface area contributed by atoms with Crippen molar-refractivity contribution in [1.82, 2.24) is 24.6 Å². The summed E-state index contributed by atoms with van der Waals surface area (Å²) in [4.78, 5) is 22.3.